The van der Waals surface area contributed by atoms with E-state index in [9.17, 15) is 0 Å². The third-order valence-corrected chi connectivity index (χ3v) is 15.6. The van der Waals surface area contributed by atoms with E-state index < -0.39 is 0 Å². The van der Waals surface area contributed by atoms with Crippen molar-refractivity contribution in [1.82, 2.24) is 14.1 Å². The molecule has 2 aliphatic heterocycles. The third-order valence-electron chi connectivity index (χ3n) is 15.6. The van der Waals surface area contributed by atoms with Crippen molar-refractivity contribution in [3.8, 4) is 11.4 Å². The number of pyridine rings is 1. The number of hydrogen-bond donors (Lipinski definition) is 0. The Morgan fingerprint density at radius 1 is 0.400 bits per heavy atom. The maximum absolute atomic E-state index is 4.76. The number of nitrogens with zero attached hydrogens (tertiary/aromatic N) is 3. The Balaban J connectivity index is 1.23. The number of para-hydroxylation sites is 1. The summed E-state index contributed by atoms with van der Waals surface area (Å²) in [7, 11) is 0. The van der Waals surface area contributed by atoms with Crippen LogP contribution >= 0.6 is 0 Å². The second kappa shape index (κ2) is 11.8. The van der Waals surface area contributed by atoms with Gasteiger partial charge in [-0.05, 0) is 123 Å². The van der Waals surface area contributed by atoms with E-state index in [1.165, 1.54) is 147 Å². The van der Waals surface area contributed by atoms with Crippen LogP contribution < -0.4 is 16.4 Å². The van der Waals surface area contributed by atoms with Gasteiger partial charge in [-0.3, -0.25) is 4.98 Å². The molecule has 0 unspecified atom stereocenters. The normalized spacial score (nSPS) is 13.7. The first-order chi connectivity index (χ1) is 31.6. The van der Waals surface area contributed by atoms with Crippen molar-refractivity contribution in [3.05, 3.63) is 169 Å². The summed E-state index contributed by atoms with van der Waals surface area (Å²) >= 11 is 0. The summed E-state index contributed by atoms with van der Waals surface area (Å²) in [5.41, 5.74) is 14.5. The molecule has 0 atom stereocenters. The molecule has 3 aromatic heterocycles. The van der Waals surface area contributed by atoms with Gasteiger partial charge in [0.15, 0.2) is 0 Å². The summed E-state index contributed by atoms with van der Waals surface area (Å²) in [6.45, 7) is 14.1. The second-order valence-electron chi connectivity index (χ2n) is 21.1. The molecule has 0 radical (unpaired) electrons. The highest BCUT2D eigenvalue weighted by Gasteiger charge is 2.43. The van der Waals surface area contributed by atoms with Crippen molar-refractivity contribution in [2.75, 3.05) is 0 Å². The van der Waals surface area contributed by atoms with Gasteiger partial charge in [0.25, 0.3) is 6.71 Å². The summed E-state index contributed by atoms with van der Waals surface area (Å²) in [4.78, 5) is 4.76. The zero-order valence-electron chi connectivity index (χ0n) is 37.4. The average molecular weight is 830 g/mol. The lowest BCUT2D eigenvalue weighted by molar-refractivity contribution is 0.590. The zero-order chi connectivity index (χ0) is 43.4. The van der Waals surface area contributed by atoms with Crippen molar-refractivity contribution < 1.29 is 0 Å². The maximum atomic E-state index is 4.76. The molecule has 0 saturated heterocycles. The zero-order valence-corrected chi connectivity index (χ0v) is 37.4. The first-order valence-electron chi connectivity index (χ1n) is 23.2. The van der Waals surface area contributed by atoms with Crippen LogP contribution in [0, 0.1) is 0 Å². The molecule has 3 nitrogen and oxygen atoms in total. The largest absolute Gasteiger partial charge is 0.310 e. The molecule has 0 amide bonds. The van der Waals surface area contributed by atoms with E-state index in [0.717, 1.165) is 0 Å². The topological polar surface area (TPSA) is 22.8 Å². The van der Waals surface area contributed by atoms with Gasteiger partial charge in [-0.2, -0.15) is 0 Å². The van der Waals surface area contributed by atoms with Crippen LogP contribution in [0.4, 0.5) is 0 Å². The predicted molar refractivity (Wildman–Crippen MR) is 280 cm³/mol. The molecule has 0 spiro atoms. The number of benzene rings is 10. The number of aromatic nitrogens is 3. The van der Waals surface area contributed by atoms with Crippen LogP contribution in [0.25, 0.3) is 120 Å². The fraction of sp³-hybridized carbons (Fsp3) is 0.131. The third kappa shape index (κ3) is 4.36. The molecule has 2 aliphatic rings. The molecule has 5 heterocycles. The van der Waals surface area contributed by atoms with E-state index in [1.54, 1.807) is 0 Å². The minimum absolute atomic E-state index is 0.000620. The van der Waals surface area contributed by atoms with Crippen molar-refractivity contribution in [2.45, 2.75) is 52.4 Å². The molecule has 0 N–H and O–H groups in total. The Kier molecular flexibility index (Phi) is 6.54. The van der Waals surface area contributed by atoms with E-state index in [-0.39, 0.29) is 17.5 Å². The fourth-order valence-corrected chi connectivity index (χ4v) is 12.7. The minimum Gasteiger partial charge on any atom is -0.310 e. The molecule has 0 bridgehead atoms. The van der Waals surface area contributed by atoms with Gasteiger partial charge in [0.2, 0.25) is 0 Å². The van der Waals surface area contributed by atoms with Crippen molar-refractivity contribution in [3.63, 3.8) is 0 Å². The SMILES string of the molecule is CC(C)(C)c1ccc2c(c1)c1cc(C(C)(C)C)cc3c1n2-c1c2c(cc4c5ccccc5c5cnccc5c14)-n1c4ccc5c6ccccc6c6ccccc6c5c4c4cccc(c41)B23. The molecule has 65 heavy (non-hydrogen) atoms. The molecule has 10 aromatic carbocycles. The molecule has 4 heteroatoms. The summed E-state index contributed by atoms with van der Waals surface area (Å²) in [6.07, 6.45) is 4.08. The van der Waals surface area contributed by atoms with E-state index in [1.807, 2.05) is 6.20 Å². The molecule has 0 fully saturated rings. The van der Waals surface area contributed by atoms with Gasteiger partial charge >= 0.3 is 0 Å². The van der Waals surface area contributed by atoms with Crippen LogP contribution in [-0.2, 0) is 10.8 Å². The summed E-state index contributed by atoms with van der Waals surface area (Å²) < 4.78 is 5.36. The predicted octanol–water partition coefficient (Wildman–Crippen LogP) is 13.9. The molecule has 0 aliphatic carbocycles. The molecule has 306 valence electrons. The fourth-order valence-electron chi connectivity index (χ4n) is 12.7. The highest BCUT2D eigenvalue weighted by molar-refractivity contribution is 7.00. The van der Waals surface area contributed by atoms with Gasteiger partial charge in [-0.15, -0.1) is 0 Å². The van der Waals surface area contributed by atoms with E-state index in [2.05, 4.69) is 202 Å². The van der Waals surface area contributed by atoms with E-state index in [4.69, 9.17) is 4.98 Å². The van der Waals surface area contributed by atoms with Crippen molar-refractivity contribution in [1.29, 1.82) is 0 Å². The molecule has 13 aromatic rings. The molecular weight excluding hydrogens is 786 g/mol. The smallest absolute Gasteiger partial charge is 0.252 e. The van der Waals surface area contributed by atoms with Crippen molar-refractivity contribution in [2.24, 2.45) is 0 Å². The number of rotatable bonds is 0. The summed E-state index contributed by atoms with van der Waals surface area (Å²) in [5.74, 6) is 0. The number of fused-ring (bicyclic) bond motifs is 24. The Labute approximate surface area is 376 Å². The van der Waals surface area contributed by atoms with Crippen molar-refractivity contribution >= 4 is 131 Å². The maximum Gasteiger partial charge on any atom is 0.252 e. The average Bonchev–Trinajstić information content (AvgIpc) is 3.84. The van der Waals surface area contributed by atoms with E-state index in [0.29, 0.717) is 0 Å². The van der Waals surface area contributed by atoms with Crippen LogP contribution in [0.5, 0.6) is 0 Å². The van der Waals surface area contributed by atoms with Gasteiger partial charge in [0.05, 0.1) is 16.7 Å². The molecule has 15 rings (SSSR count). The van der Waals surface area contributed by atoms with Gasteiger partial charge in [0.1, 0.15) is 0 Å². The highest BCUT2D eigenvalue weighted by atomic mass is 15.0. The first kappa shape index (κ1) is 36.0. The monoisotopic (exact) mass is 829 g/mol. The van der Waals surface area contributed by atoms with Gasteiger partial charge in [-0.25, -0.2) is 0 Å². The Hall–Kier alpha value is -7.43. The van der Waals surface area contributed by atoms with Crippen LogP contribution in [0.1, 0.15) is 52.7 Å². The first-order valence-corrected chi connectivity index (χ1v) is 23.2. The molecule has 0 saturated carbocycles. The Bertz CT molecular complexity index is 4340. The Morgan fingerprint density at radius 3 is 1.71 bits per heavy atom. The lowest BCUT2D eigenvalue weighted by atomic mass is 9.34. The van der Waals surface area contributed by atoms with E-state index >= 15 is 0 Å². The van der Waals surface area contributed by atoms with Gasteiger partial charge < -0.3 is 9.13 Å². The summed E-state index contributed by atoms with van der Waals surface area (Å²) in [5, 5.41) is 20.6. The standard InChI is InChI=1S/C61H44BN3/c1-60(2,3)33-22-24-50-44(28-33)46-29-34(61(4,5)6)30-49-58(46)65(50)59-54-42-26-27-63-32-47(42)39-18-10-9-17-38(39)45(54)31-52-56(59)62(49)48-21-13-20-43-55-51(64(52)57(43)48)25-23-41-37-16-8-7-14-35(37)36-15-11-12-19-40(36)53(41)55/h7-32H,1-6H3. The molecular formula is C61H44BN3. The summed E-state index contributed by atoms with van der Waals surface area (Å²) in [6, 6.07) is 56.3. The van der Waals surface area contributed by atoms with Gasteiger partial charge in [-0.1, -0.05) is 151 Å². The number of hydrogen-bond acceptors (Lipinski definition) is 1. The van der Waals surface area contributed by atoms with Crippen LogP contribution in [0.2, 0.25) is 0 Å². The minimum atomic E-state index is -0.0618. The van der Waals surface area contributed by atoms with Crippen LogP contribution in [0.15, 0.2) is 158 Å². The van der Waals surface area contributed by atoms with Crippen LogP contribution in [0.3, 0.4) is 0 Å². The Morgan fingerprint density at radius 2 is 0.985 bits per heavy atom. The van der Waals surface area contributed by atoms with Crippen LogP contribution in [-0.4, -0.2) is 20.8 Å². The second-order valence-corrected chi connectivity index (χ2v) is 21.1. The highest BCUT2D eigenvalue weighted by Crippen LogP contribution is 2.48. The van der Waals surface area contributed by atoms with Gasteiger partial charge in [0, 0.05) is 66.8 Å². The lowest BCUT2D eigenvalue weighted by Gasteiger charge is -2.36. The quantitative estimate of drug-likeness (QED) is 0.110. The lowest BCUT2D eigenvalue weighted by Crippen LogP contribution is -2.59.